The third-order valence-electron chi connectivity index (χ3n) is 4.35. The summed E-state index contributed by atoms with van der Waals surface area (Å²) in [5.41, 5.74) is 5.10. The van der Waals surface area contributed by atoms with Gasteiger partial charge in [-0.05, 0) is 24.8 Å². The molecule has 0 spiro atoms. The average molecular weight is 317 g/mol. The zero-order valence-electron chi connectivity index (χ0n) is 12.8. The van der Waals surface area contributed by atoms with Gasteiger partial charge in [0.1, 0.15) is 5.65 Å². The molecule has 2 atom stereocenters. The Morgan fingerprint density at radius 1 is 1.43 bits per heavy atom. The van der Waals surface area contributed by atoms with Crippen LogP contribution in [0.15, 0.2) is 21.9 Å². The number of pyridine rings is 1. The summed E-state index contributed by atoms with van der Waals surface area (Å²) < 4.78 is 0. The second-order valence-electron chi connectivity index (χ2n) is 6.05. The maximum Gasteiger partial charge on any atom is 0.327 e. The molecule has 4 N–H and O–H groups in total. The molecule has 8 heteroatoms. The molecule has 1 aliphatic heterocycles. The normalized spacial score (nSPS) is 21.6. The van der Waals surface area contributed by atoms with Crippen molar-refractivity contribution in [2.45, 2.75) is 25.8 Å². The van der Waals surface area contributed by atoms with Crippen molar-refractivity contribution >= 4 is 16.9 Å². The summed E-state index contributed by atoms with van der Waals surface area (Å²) in [5, 5.41) is 0.185. The molecule has 0 bridgehead atoms. The van der Waals surface area contributed by atoms with Crippen LogP contribution in [-0.2, 0) is 0 Å². The van der Waals surface area contributed by atoms with E-state index in [2.05, 4.69) is 21.9 Å². The number of carbonyl (C=O) groups excluding carboxylic acids is 1. The number of carbonyl (C=O) groups is 1. The maximum atomic E-state index is 12.7. The predicted molar refractivity (Wildman–Crippen MR) is 85.3 cm³/mol. The number of likely N-dealkylation sites (tertiary alicyclic amines) is 1. The van der Waals surface area contributed by atoms with Gasteiger partial charge in [-0.3, -0.25) is 19.6 Å². The predicted octanol–water partition coefficient (Wildman–Crippen LogP) is -0.189. The van der Waals surface area contributed by atoms with Gasteiger partial charge in [-0.1, -0.05) is 6.92 Å². The van der Waals surface area contributed by atoms with Crippen LogP contribution < -0.4 is 17.0 Å². The summed E-state index contributed by atoms with van der Waals surface area (Å²) in [6.45, 7) is 3.20. The molecule has 0 aromatic carbocycles. The van der Waals surface area contributed by atoms with Gasteiger partial charge in [-0.2, -0.15) is 0 Å². The Bertz CT molecular complexity index is 856. The summed E-state index contributed by atoms with van der Waals surface area (Å²) >= 11 is 0. The number of hydrogen-bond acceptors (Lipinski definition) is 5. The number of amides is 1. The van der Waals surface area contributed by atoms with Crippen molar-refractivity contribution in [2.75, 3.05) is 13.1 Å². The average Bonchev–Trinajstić information content (AvgIpc) is 2.53. The van der Waals surface area contributed by atoms with Crippen LogP contribution in [-0.4, -0.2) is 44.9 Å². The first-order valence-electron chi connectivity index (χ1n) is 7.63. The number of hydrogen-bond donors (Lipinski definition) is 3. The molecule has 8 nitrogen and oxygen atoms in total. The summed E-state index contributed by atoms with van der Waals surface area (Å²) in [4.78, 5) is 46.2. The van der Waals surface area contributed by atoms with E-state index in [0.717, 1.165) is 12.8 Å². The number of H-pyrrole nitrogens is 2. The molecule has 23 heavy (non-hydrogen) atoms. The Balaban J connectivity index is 1.98. The lowest BCUT2D eigenvalue weighted by molar-refractivity contribution is 0.0573. The quantitative estimate of drug-likeness (QED) is 0.708. The molecule has 2 unspecified atom stereocenters. The van der Waals surface area contributed by atoms with Gasteiger partial charge < -0.3 is 10.6 Å². The zero-order valence-corrected chi connectivity index (χ0v) is 12.8. The van der Waals surface area contributed by atoms with E-state index in [1.807, 2.05) is 0 Å². The van der Waals surface area contributed by atoms with Crippen LogP contribution in [0.4, 0.5) is 0 Å². The van der Waals surface area contributed by atoms with Crippen molar-refractivity contribution in [2.24, 2.45) is 11.7 Å². The van der Waals surface area contributed by atoms with E-state index < -0.39 is 11.2 Å². The highest BCUT2D eigenvalue weighted by Gasteiger charge is 2.29. The molecule has 2 aromatic heterocycles. The van der Waals surface area contributed by atoms with Gasteiger partial charge in [0.15, 0.2) is 0 Å². The van der Waals surface area contributed by atoms with Crippen LogP contribution in [0.2, 0.25) is 0 Å². The number of rotatable bonds is 2. The summed E-state index contributed by atoms with van der Waals surface area (Å²) in [5.74, 6) is 0.350. The van der Waals surface area contributed by atoms with Crippen LogP contribution in [0.5, 0.6) is 0 Å². The van der Waals surface area contributed by atoms with E-state index in [1.54, 1.807) is 4.90 Å². The molecule has 0 radical (unpaired) electrons. The Labute approximate surface area is 131 Å². The summed E-state index contributed by atoms with van der Waals surface area (Å²) in [6, 6.07) is 1.46. The maximum absolute atomic E-state index is 12.7. The van der Waals surface area contributed by atoms with E-state index in [-0.39, 0.29) is 23.0 Å². The summed E-state index contributed by atoms with van der Waals surface area (Å²) in [6.07, 6.45) is 3.18. The van der Waals surface area contributed by atoms with Crippen LogP contribution in [0.1, 0.15) is 30.1 Å². The lowest BCUT2D eigenvalue weighted by Crippen LogP contribution is -2.49. The fourth-order valence-electron chi connectivity index (χ4n) is 3.07. The lowest BCUT2D eigenvalue weighted by Gasteiger charge is -2.38. The second kappa shape index (κ2) is 5.96. The highest BCUT2D eigenvalue weighted by molar-refractivity contribution is 5.96. The second-order valence-corrected chi connectivity index (χ2v) is 6.05. The van der Waals surface area contributed by atoms with Crippen molar-refractivity contribution in [3.8, 4) is 0 Å². The third-order valence-corrected chi connectivity index (χ3v) is 4.35. The number of fused-ring (bicyclic) bond motifs is 1. The molecule has 3 rings (SSSR count). The number of nitrogens with zero attached hydrogens (tertiary/aromatic N) is 2. The number of aromatic amines is 2. The minimum absolute atomic E-state index is 0.00388. The van der Waals surface area contributed by atoms with Crippen molar-refractivity contribution in [1.29, 1.82) is 0 Å². The van der Waals surface area contributed by atoms with Gasteiger partial charge in [0.05, 0.1) is 10.9 Å². The van der Waals surface area contributed by atoms with Crippen LogP contribution in [0, 0.1) is 5.92 Å². The molecule has 0 aliphatic carbocycles. The van der Waals surface area contributed by atoms with Crippen molar-refractivity contribution in [3.63, 3.8) is 0 Å². The highest BCUT2D eigenvalue weighted by atomic mass is 16.2. The zero-order chi connectivity index (χ0) is 16.6. The molecule has 1 fully saturated rings. The molecular weight excluding hydrogens is 298 g/mol. The first-order chi connectivity index (χ1) is 11.0. The van der Waals surface area contributed by atoms with Crippen LogP contribution in [0.3, 0.4) is 0 Å². The lowest BCUT2D eigenvalue weighted by atomic mass is 9.92. The van der Waals surface area contributed by atoms with Crippen molar-refractivity contribution < 1.29 is 4.79 Å². The van der Waals surface area contributed by atoms with Crippen molar-refractivity contribution in [1.82, 2.24) is 19.9 Å². The molecule has 1 aliphatic rings. The van der Waals surface area contributed by atoms with Gasteiger partial charge in [0.2, 0.25) is 0 Å². The first kappa shape index (κ1) is 15.4. The first-order valence-corrected chi connectivity index (χ1v) is 7.63. The number of nitrogens with two attached hydrogens (primary N) is 1. The van der Waals surface area contributed by atoms with Gasteiger partial charge in [-0.25, -0.2) is 9.78 Å². The highest BCUT2D eigenvalue weighted by Crippen LogP contribution is 2.23. The molecule has 122 valence electrons. The standard InChI is InChI=1S/C15H19N5O3/c1-8-2-3-20(10(4-8)6-16)14(22)9-5-11-12(17-7-9)18-15(23)19-13(11)21/h5,7-8,10H,2-4,6,16H2,1H3,(H2,17,18,19,21,23). The minimum atomic E-state index is -0.623. The fraction of sp³-hybridized carbons (Fsp3) is 0.467. The van der Waals surface area contributed by atoms with Crippen LogP contribution in [0.25, 0.3) is 11.0 Å². The molecule has 3 heterocycles. The Kier molecular flexibility index (Phi) is 3.99. The topological polar surface area (TPSA) is 125 Å². The van der Waals surface area contributed by atoms with E-state index >= 15 is 0 Å². The Morgan fingerprint density at radius 2 is 2.22 bits per heavy atom. The molecule has 2 aromatic rings. The Morgan fingerprint density at radius 3 is 2.96 bits per heavy atom. The SMILES string of the molecule is CC1CCN(C(=O)c2cnc3[nH]c(=O)[nH]c(=O)c3c2)C(CN)C1. The molecule has 1 amide bonds. The Hall–Kier alpha value is -2.48. The third kappa shape index (κ3) is 2.89. The molecule has 1 saturated heterocycles. The van der Waals surface area contributed by atoms with Gasteiger partial charge in [0.25, 0.3) is 11.5 Å². The number of piperidine rings is 1. The smallest absolute Gasteiger partial charge is 0.327 e. The molecular formula is C15H19N5O3. The van der Waals surface area contributed by atoms with E-state index in [4.69, 9.17) is 5.73 Å². The van der Waals surface area contributed by atoms with Gasteiger partial charge >= 0.3 is 5.69 Å². The largest absolute Gasteiger partial charge is 0.334 e. The number of nitrogens with one attached hydrogen (secondary N) is 2. The van der Waals surface area contributed by atoms with E-state index in [1.165, 1.54) is 12.3 Å². The summed E-state index contributed by atoms with van der Waals surface area (Å²) in [7, 11) is 0. The minimum Gasteiger partial charge on any atom is -0.334 e. The van der Waals surface area contributed by atoms with E-state index in [9.17, 15) is 14.4 Å². The molecule has 0 saturated carbocycles. The fourth-order valence-corrected chi connectivity index (χ4v) is 3.07. The van der Waals surface area contributed by atoms with Gasteiger partial charge in [0, 0.05) is 25.3 Å². The van der Waals surface area contributed by atoms with E-state index in [0.29, 0.717) is 24.6 Å². The number of aromatic nitrogens is 3. The monoisotopic (exact) mass is 317 g/mol. The van der Waals surface area contributed by atoms with Gasteiger partial charge in [-0.15, -0.1) is 0 Å². The van der Waals surface area contributed by atoms with Crippen LogP contribution >= 0.6 is 0 Å². The van der Waals surface area contributed by atoms with Crippen molar-refractivity contribution in [3.05, 3.63) is 38.7 Å².